The number of anilines is 1. The highest BCUT2D eigenvalue weighted by molar-refractivity contribution is 5.93. The summed E-state index contributed by atoms with van der Waals surface area (Å²) >= 11 is 0. The van der Waals surface area contributed by atoms with Gasteiger partial charge >= 0.3 is 0 Å². The summed E-state index contributed by atoms with van der Waals surface area (Å²) in [6.07, 6.45) is 6.20. The van der Waals surface area contributed by atoms with E-state index in [1.165, 1.54) is 5.56 Å². The van der Waals surface area contributed by atoms with Crippen LogP contribution < -0.4 is 10.2 Å². The summed E-state index contributed by atoms with van der Waals surface area (Å²) < 4.78 is 0. The summed E-state index contributed by atoms with van der Waals surface area (Å²) in [5, 5.41) is 3.01. The van der Waals surface area contributed by atoms with Gasteiger partial charge in [-0.15, -0.1) is 0 Å². The quantitative estimate of drug-likeness (QED) is 0.699. The van der Waals surface area contributed by atoms with Crippen LogP contribution in [0.2, 0.25) is 0 Å². The van der Waals surface area contributed by atoms with E-state index in [4.69, 9.17) is 0 Å². The maximum atomic E-state index is 12.6. The molecule has 138 valence electrons. The molecule has 0 aliphatic heterocycles. The van der Waals surface area contributed by atoms with Crippen LogP contribution in [0.4, 0.5) is 5.69 Å². The van der Waals surface area contributed by atoms with Crippen LogP contribution in [0.25, 0.3) is 0 Å². The van der Waals surface area contributed by atoms with Crippen LogP contribution >= 0.6 is 0 Å². The van der Waals surface area contributed by atoms with Gasteiger partial charge in [0.05, 0.1) is 6.04 Å². The second-order valence-corrected chi connectivity index (χ2v) is 6.53. The zero-order valence-electron chi connectivity index (χ0n) is 15.7. The molecule has 0 saturated carbocycles. The molecule has 0 aliphatic rings. The van der Waals surface area contributed by atoms with Crippen LogP contribution in [-0.4, -0.2) is 29.5 Å². The van der Waals surface area contributed by atoms with Crippen molar-refractivity contribution in [2.24, 2.45) is 0 Å². The first-order valence-corrected chi connectivity index (χ1v) is 9.05. The number of carbonyl (C=O) groups excluding carboxylic acids is 1. The van der Waals surface area contributed by atoms with Crippen LogP contribution in [-0.2, 0) is 6.42 Å². The van der Waals surface area contributed by atoms with Crippen molar-refractivity contribution in [3.8, 4) is 0 Å². The van der Waals surface area contributed by atoms with E-state index < -0.39 is 0 Å². The highest BCUT2D eigenvalue weighted by Gasteiger charge is 2.13. The molecule has 0 spiro atoms. The molecule has 5 heteroatoms. The van der Waals surface area contributed by atoms with Crippen LogP contribution in [0.5, 0.6) is 0 Å². The number of amides is 1. The molecule has 2 aromatic heterocycles. The molecule has 3 aromatic rings. The van der Waals surface area contributed by atoms with Crippen molar-refractivity contribution in [1.29, 1.82) is 0 Å². The fourth-order valence-electron chi connectivity index (χ4n) is 2.85. The maximum absolute atomic E-state index is 12.6. The van der Waals surface area contributed by atoms with E-state index in [2.05, 4.69) is 20.2 Å². The van der Waals surface area contributed by atoms with Crippen molar-refractivity contribution in [2.45, 2.75) is 19.4 Å². The van der Waals surface area contributed by atoms with Crippen LogP contribution in [0.1, 0.15) is 34.6 Å². The Hall–Kier alpha value is -3.21. The van der Waals surface area contributed by atoms with Crippen molar-refractivity contribution < 1.29 is 4.79 Å². The van der Waals surface area contributed by atoms with E-state index in [1.54, 1.807) is 18.6 Å². The van der Waals surface area contributed by atoms with Crippen molar-refractivity contribution in [3.63, 3.8) is 0 Å². The molecule has 27 heavy (non-hydrogen) atoms. The molecule has 1 aromatic carbocycles. The highest BCUT2D eigenvalue weighted by atomic mass is 16.1. The molecular weight excluding hydrogens is 336 g/mol. The zero-order chi connectivity index (χ0) is 19.1. The first-order chi connectivity index (χ1) is 13.1. The number of carbonyl (C=O) groups is 1. The Morgan fingerprint density at radius 3 is 2.56 bits per heavy atom. The Balaban J connectivity index is 1.63. The number of aromatic nitrogens is 2. The molecule has 0 fully saturated rings. The number of nitrogens with one attached hydrogen (secondary N) is 1. The number of pyridine rings is 2. The summed E-state index contributed by atoms with van der Waals surface area (Å²) in [5.41, 5.74) is 3.69. The molecule has 1 amide bonds. The number of hydrogen-bond acceptors (Lipinski definition) is 4. The second kappa shape index (κ2) is 8.94. The van der Waals surface area contributed by atoms with E-state index in [1.807, 2.05) is 68.6 Å². The minimum absolute atomic E-state index is 0.0754. The van der Waals surface area contributed by atoms with Crippen LogP contribution in [0.15, 0.2) is 73.2 Å². The summed E-state index contributed by atoms with van der Waals surface area (Å²) in [4.78, 5) is 23.0. The molecule has 1 unspecified atom stereocenters. The van der Waals surface area contributed by atoms with E-state index in [9.17, 15) is 4.79 Å². The van der Waals surface area contributed by atoms with Gasteiger partial charge in [-0.05, 0) is 48.7 Å². The lowest BCUT2D eigenvalue weighted by Crippen LogP contribution is -2.28. The minimum atomic E-state index is -0.171. The number of rotatable bonds is 7. The molecule has 0 bridgehead atoms. The van der Waals surface area contributed by atoms with Gasteiger partial charge in [-0.2, -0.15) is 0 Å². The monoisotopic (exact) mass is 360 g/mol. The number of nitrogens with zero attached hydrogens (tertiary/aromatic N) is 3. The maximum Gasteiger partial charge on any atom is 0.270 e. The third kappa shape index (κ3) is 5.14. The topological polar surface area (TPSA) is 58.1 Å². The van der Waals surface area contributed by atoms with Gasteiger partial charge in [0.15, 0.2) is 0 Å². The SMILES string of the molecule is CC(NC(=O)c1cc(N(C)CCc2ccncc2)ccn1)c1ccccc1. The molecule has 1 atom stereocenters. The Morgan fingerprint density at radius 2 is 1.81 bits per heavy atom. The average Bonchev–Trinajstić information content (AvgIpc) is 2.73. The van der Waals surface area contributed by atoms with Gasteiger partial charge in [0.25, 0.3) is 5.91 Å². The molecule has 0 aliphatic carbocycles. The van der Waals surface area contributed by atoms with E-state index >= 15 is 0 Å². The first-order valence-electron chi connectivity index (χ1n) is 9.05. The fourth-order valence-corrected chi connectivity index (χ4v) is 2.85. The summed E-state index contributed by atoms with van der Waals surface area (Å²) in [5.74, 6) is -0.171. The molecule has 0 saturated heterocycles. The summed E-state index contributed by atoms with van der Waals surface area (Å²) in [6, 6.07) is 17.6. The predicted octanol–water partition coefficient (Wildman–Crippen LogP) is 3.65. The number of benzene rings is 1. The molecule has 5 nitrogen and oxygen atoms in total. The lowest BCUT2D eigenvalue weighted by Gasteiger charge is -2.20. The molecule has 1 N–H and O–H groups in total. The molecular formula is C22H24N4O. The van der Waals surface area contributed by atoms with Gasteiger partial charge in [-0.1, -0.05) is 30.3 Å². The van der Waals surface area contributed by atoms with E-state index in [-0.39, 0.29) is 11.9 Å². The Bertz CT molecular complexity index is 868. The summed E-state index contributed by atoms with van der Waals surface area (Å²) in [7, 11) is 2.02. The fraction of sp³-hybridized carbons (Fsp3) is 0.227. The van der Waals surface area contributed by atoms with Crippen LogP contribution in [0, 0.1) is 0 Å². The van der Waals surface area contributed by atoms with Gasteiger partial charge in [0.1, 0.15) is 5.69 Å². The largest absolute Gasteiger partial charge is 0.374 e. The smallest absolute Gasteiger partial charge is 0.270 e. The Morgan fingerprint density at radius 1 is 1.07 bits per heavy atom. The lowest BCUT2D eigenvalue weighted by atomic mass is 10.1. The van der Waals surface area contributed by atoms with Crippen molar-refractivity contribution in [2.75, 3.05) is 18.5 Å². The molecule has 0 radical (unpaired) electrons. The molecule has 2 heterocycles. The first kappa shape index (κ1) is 18.6. The van der Waals surface area contributed by atoms with E-state index in [0.29, 0.717) is 5.69 Å². The number of hydrogen-bond donors (Lipinski definition) is 1. The van der Waals surface area contributed by atoms with Gasteiger partial charge in [-0.25, -0.2) is 0 Å². The second-order valence-electron chi connectivity index (χ2n) is 6.53. The van der Waals surface area contributed by atoms with Crippen molar-refractivity contribution in [3.05, 3.63) is 90.0 Å². The Kier molecular flexibility index (Phi) is 6.15. The predicted molar refractivity (Wildman–Crippen MR) is 108 cm³/mol. The van der Waals surface area contributed by atoms with Gasteiger partial charge in [0, 0.05) is 37.9 Å². The summed E-state index contributed by atoms with van der Waals surface area (Å²) in [6.45, 7) is 2.81. The van der Waals surface area contributed by atoms with Gasteiger partial charge < -0.3 is 10.2 Å². The van der Waals surface area contributed by atoms with Crippen molar-refractivity contribution in [1.82, 2.24) is 15.3 Å². The lowest BCUT2D eigenvalue weighted by molar-refractivity contribution is 0.0935. The van der Waals surface area contributed by atoms with Gasteiger partial charge in [-0.3, -0.25) is 14.8 Å². The minimum Gasteiger partial charge on any atom is -0.374 e. The normalized spacial score (nSPS) is 11.6. The third-order valence-electron chi connectivity index (χ3n) is 4.55. The highest BCUT2D eigenvalue weighted by Crippen LogP contribution is 2.16. The third-order valence-corrected chi connectivity index (χ3v) is 4.55. The molecule has 3 rings (SSSR count). The van der Waals surface area contributed by atoms with E-state index in [0.717, 1.165) is 24.2 Å². The van der Waals surface area contributed by atoms with Gasteiger partial charge in [0.2, 0.25) is 0 Å². The van der Waals surface area contributed by atoms with Crippen molar-refractivity contribution >= 4 is 11.6 Å². The Labute approximate surface area is 160 Å². The zero-order valence-corrected chi connectivity index (χ0v) is 15.7. The number of likely N-dealkylation sites (N-methyl/N-ethyl adjacent to an activating group) is 1. The standard InChI is InChI=1S/C22H24N4O/c1-17(19-6-4-3-5-7-19)25-22(27)21-16-20(10-14-24-21)26(2)15-11-18-8-12-23-13-9-18/h3-10,12-14,16-17H,11,15H2,1-2H3,(H,25,27). The van der Waals surface area contributed by atoms with Crippen LogP contribution in [0.3, 0.4) is 0 Å². The average molecular weight is 360 g/mol.